The molecule has 0 saturated carbocycles. The standard InChI is InChI=1S/C41H49N9O6/c1-26-27(2)34(13-12-33(26)46-40(52)47-37-23-35(41(3,4)5)48-50(37)30-8-10-31(53-6)11-9-30)56-38-24-36(43-25-44-38)45-29-20-28(21-32(22-29)54-7)39(51)42-14-15-49-16-18-55-19-17-49/h8-13,20-25H,14-19H2,1-7H3,(H,42,51)(H,43,44,45)(H2,46,47,52). The molecule has 1 aliphatic rings. The van der Waals surface area contributed by atoms with Gasteiger partial charge in [0.2, 0.25) is 5.88 Å². The van der Waals surface area contributed by atoms with Gasteiger partial charge in [-0.2, -0.15) is 5.10 Å². The number of hydrogen-bond acceptors (Lipinski definition) is 11. The molecule has 15 heteroatoms. The van der Waals surface area contributed by atoms with E-state index in [9.17, 15) is 9.59 Å². The minimum absolute atomic E-state index is 0.206. The Morgan fingerprint density at radius 2 is 1.61 bits per heavy atom. The Balaban J connectivity index is 1.11. The predicted molar refractivity (Wildman–Crippen MR) is 215 cm³/mol. The van der Waals surface area contributed by atoms with Crippen LogP contribution < -0.4 is 35.5 Å². The number of carbonyl (C=O) groups is 2. The second kappa shape index (κ2) is 17.5. The Morgan fingerprint density at radius 3 is 2.32 bits per heavy atom. The number of rotatable bonds is 13. The fraction of sp³-hybridized carbons (Fsp3) is 0.341. The van der Waals surface area contributed by atoms with Gasteiger partial charge in [0.25, 0.3) is 5.91 Å². The third-order valence-corrected chi connectivity index (χ3v) is 9.37. The molecule has 3 amide bonds. The van der Waals surface area contributed by atoms with Gasteiger partial charge < -0.3 is 34.9 Å². The van der Waals surface area contributed by atoms with Crippen molar-refractivity contribution in [3.05, 3.63) is 95.4 Å². The summed E-state index contributed by atoms with van der Waals surface area (Å²) in [5.41, 5.74) is 4.66. The molecule has 3 aromatic carbocycles. The van der Waals surface area contributed by atoms with Crippen molar-refractivity contribution in [2.24, 2.45) is 0 Å². The summed E-state index contributed by atoms with van der Waals surface area (Å²) in [6.45, 7) is 14.4. The van der Waals surface area contributed by atoms with Gasteiger partial charge in [0, 0.05) is 66.7 Å². The van der Waals surface area contributed by atoms with Crippen LogP contribution in [0.4, 0.5) is 27.8 Å². The van der Waals surface area contributed by atoms with E-state index >= 15 is 0 Å². The number of benzene rings is 3. The summed E-state index contributed by atoms with van der Waals surface area (Å²) in [5, 5.41) is 17.0. The van der Waals surface area contributed by atoms with E-state index in [1.807, 2.05) is 44.2 Å². The van der Waals surface area contributed by atoms with Crippen molar-refractivity contribution in [3.63, 3.8) is 0 Å². The number of anilines is 4. The fourth-order valence-corrected chi connectivity index (χ4v) is 5.97. The zero-order valence-corrected chi connectivity index (χ0v) is 32.9. The van der Waals surface area contributed by atoms with Crippen LogP contribution >= 0.6 is 0 Å². The van der Waals surface area contributed by atoms with Crippen LogP contribution in [0, 0.1) is 13.8 Å². The zero-order valence-electron chi connectivity index (χ0n) is 32.9. The van der Waals surface area contributed by atoms with Gasteiger partial charge in [-0.15, -0.1) is 0 Å². The number of nitrogens with zero attached hydrogens (tertiary/aromatic N) is 5. The molecule has 56 heavy (non-hydrogen) atoms. The number of hydrogen-bond donors (Lipinski definition) is 4. The Morgan fingerprint density at radius 1 is 0.857 bits per heavy atom. The molecule has 6 rings (SSSR count). The van der Waals surface area contributed by atoms with E-state index in [1.54, 1.807) is 55.3 Å². The maximum Gasteiger partial charge on any atom is 0.324 e. The van der Waals surface area contributed by atoms with Crippen molar-refractivity contribution in [2.75, 3.05) is 69.6 Å². The second-order valence-corrected chi connectivity index (χ2v) is 14.3. The lowest BCUT2D eigenvalue weighted by Crippen LogP contribution is -2.41. The first-order valence-corrected chi connectivity index (χ1v) is 18.4. The fourth-order valence-electron chi connectivity index (χ4n) is 5.97. The molecule has 0 radical (unpaired) electrons. The third kappa shape index (κ3) is 9.91. The summed E-state index contributed by atoms with van der Waals surface area (Å²) < 4.78 is 24.1. The summed E-state index contributed by atoms with van der Waals surface area (Å²) in [5.74, 6) is 2.87. The normalized spacial score (nSPS) is 13.1. The lowest BCUT2D eigenvalue weighted by Gasteiger charge is -2.26. The number of nitrogens with one attached hydrogen (secondary N) is 4. The molecule has 3 heterocycles. The van der Waals surface area contributed by atoms with E-state index in [1.165, 1.54) is 6.33 Å². The highest BCUT2D eigenvalue weighted by Crippen LogP contribution is 2.32. The molecule has 2 aromatic heterocycles. The van der Waals surface area contributed by atoms with Gasteiger partial charge in [-0.05, 0) is 73.5 Å². The summed E-state index contributed by atoms with van der Waals surface area (Å²) in [4.78, 5) is 37.3. The number of urea groups is 1. The van der Waals surface area contributed by atoms with Crippen molar-refractivity contribution < 1.29 is 28.5 Å². The minimum atomic E-state index is -0.422. The van der Waals surface area contributed by atoms with Crippen LogP contribution in [0.2, 0.25) is 0 Å². The molecule has 15 nitrogen and oxygen atoms in total. The molecule has 0 aliphatic carbocycles. The maximum absolute atomic E-state index is 13.4. The summed E-state index contributed by atoms with van der Waals surface area (Å²) >= 11 is 0. The van der Waals surface area contributed by atoms with Crippen LogP contribution in [0.5, 0.6) is 23.1 Å². The van der Waals surface area contributed by atoms with E-state index in [2.05, 4.69) is 56.9 Å². The van der Waals surface area contributed by atoms with Gasteiger partial charge >= 0.3 is 6.03 Å². The molecule has 1 fully saturated rings. The van der Waals surface area contributed by atoms with Crippen molar-refractivity contribution in [1.29, 1.82) is 0 Å². The number of methoxy groups -OCH3 is 2. The quantitative estimate of drug-likeness (QED) is 0.0993. The average Bonchev–Trinajstić information content (AvgIpc) is 3.62. The smallest absolute Gasteiger partial charge is 0.324 e. The first-order chi connectivity index (χ1) is 26.9. The lowest BCUT2D eigenvalue weighted by atomic mass is 9.92. The minimum Gasteiger partial charge on any atom is -0.497 e. The van der Waals surface area contributed by atoms with Gasteiger partial charge in [-0.25, -0.2) is 19.4 Å². The van der Waals surface area contributed by atoms with Crippen LogP contribution in [-0.4, -0.2) is 90.2 Å². The molecule has 294 valence electrons. The monoisotopic (exact) mass is 763 g/mol. The Hall–Kier alpha value is -6.19. The van der Waals surface area contributed by atoms with Crippen molar-refractivity contribution >= 4 is 34.9 Å². The van der Waals surface area contributed by atoms with Gasteiger partial charge in [-0.3, -0.25) is 15.0 Å². The Bertz CT molecular complexity index is 2160. The average molecular weight is 764 g/mol. The highest BCUT2D eigenvalue weighted by Gasteiger charge is 2.22. The maximum atomic E-state index is 13.4. The number of ether oxygens (including phenoxy) is 4. The first-order valence-electron chi connectivity index (χ1n) is 18.4. The second-order valence-electron chi connectivity index (χ2n) is 14.3. The molecular weight excluding hydrogens is 715 g/mol. The molecular formula is C41H49N9O6. The lowest BCUT2D eigenvalue weighted by molar-refractivity contribution is 0.0383. The van der Waals surface area contributed by atoms with Gasteiger partial charge in [0.15, 0.2) is 0 Å². The van der Waals surface area contributed by atoms with E-state index < -0.39 is 6.03 Å². The largest absolute Gasteiger partial charge is 0.497 e. The van der Waals surface area contributed by atoms with E-state index in [0.717, 1.165) is 47.9 Å². The SMILES string of the molecule is COc1ccc(-n2nc(C(C)(C)C)cc2NC(=O)Nc2ccc(Oc3cc(Nc4cc(OC)cc(C(=O)NCCN5CCOCC5)c4)ncn3)c(C)c2C)cc1. The van der Waals surface area contributed by atoms with E-state index in [4.69, 9.17) is 24.0 Å². The van der Waals surface area contributed by atoms with Crippen molar-refractivity contribution in [1.82, 2.24) is 30.0 Å². The molecule has 0 bridgehead atoms. The molecule has 0 atom stereocenters. The number of carbonyl (C=O) groups excluding carboxylic acids is 2. The summed E-state index contributed by atoms with van der Waals surface area (Å²) in [6.07, 6.45) is 1.39. The van der Waals surface area contributed by atoms with Gasteiger partial charge in [0.05, 0.1) is 38.8 Å². The molecule has 1 aliphatic heterocycles. The van der Waals surface area contributed by atoms with Gasteiger partial charge in [-0.1, -0.05) is 20.8 Å². The van der Waals surface area contributed by atoms with Crippen LogP contribution in [0.1, 0.15) is 48.0 Å². The Labute approximate surface area is 326 Å². The highest BCUT2D eigenvalue weighted by molar-refractivity contribution is 6.00. The van der Waals surface area contributed by atoms with E-state index in [0.29, 0.717) is 65.7 Å². The Kier molecular flexibility index (Phi) is 12.4. The summed E-state index contributed by atoms with van der Waals surface area (Å²) in [6, 6.07) is 19.3. The predicted octanol–water partition coefficient (Wildman–Crippen LogP) is 6.84. The molecule has 4 N–H and O–H groups in total. The van der Waals surface area contributed by atoms with Crippen LogP contribution in [0.25, 0.3) is 5.69 Å². The highest BCUT2D eigenvalue weighted by atomic mass is 16.5. The van der Waals surface area contributed by atoms with Crippen LogP contribution in [0.15, 0.2) is 73.1 Å². The first kappa shape index (κ1) is 39.5. The number of morpholine rings is 1. The topological polar surface area (TPSA) is 166 Å². The number of amides is 3. The van der Waals surface area contributed by atoms with Gasteiger partial charge in [0.1, 0.15) is 35.2 Å². The van der Waals surface area contributed by atoms with Crippen LogP contribution in [0.3, 0.4) is 0 Å². The molecule has 1 saturated heterocycles. The third-order valence-electron chi connectivity index (χ3n) is 9.37. The molecule has 0 unspecified atom stereocenters. The van der Waals surface area contributed by atoms with Crippen molar-refractivity contribution in [2.45, 2.75) is 40.0 Å². The zero-order chi connectivity index (χ0) is 39.8. The number of aromatic nitrogens is 4. The summed E-state index contributed by atoms with van der Waals surface area (Å²) in [7, 11) is 3.17. The molecule has 0 spiro atoms. The van der Waals surface area contributed by atoms with Crippen LogP contribution in [-0.2, 0) is 10.2 Å². The van der Waals surface area contributed by atoms with Crippen molar-refractivity contribution in [3.8, 4) is 28.8 Å². The van der Waals surface area contributed by atoms with E-state index in [-0.39, 0.29) is 11.3 Å². The molecule has 5 aromatic rings.